The average Bonchev–Trinajstić information content (AvgIpc) is 2.85. The van der Waals surface area contributed by atoms with Crippen molar-refractivity contribution < 1.29 is 61.7 Å². The molecule has 9 heteroatoms. The van der Waals surface area contributed by atoms with Gasteiger partial charge in [-0.1, -0.05) is 6.07 Å². The molecule has 3 aliphatic carbocycles. The van der Waals surface area contributed by atoms with E-state index in [0.717, 1.165) is 22.3 Å². The van der Waals surface area contributed by atoms with Crippen LogP contribution in [0.4, 0.5) is 0 Å². The van der Waals surface area contributed by atoms with Crippen LogP contribution in [0, 0.1) is 5.41 Å². The van der Waals surface area contributed by atoms with Crippen molar-refractivity contribution in [3.05, 3.63) is 34.9 Å². The summed E-state index contributed by atoms with van der Waals surface area (Å²) in [6, 6.07) is 4.74. The second-order valence-electron chi connectivity index (χ2n) is 7.44. The van der Waals surface area contributed by atoms with E-state index in [-0.39, 0.29) is 41.1 Å². The Labute approximate surface area is 179 Å². The number of carbonyl (C=O) groups excluding carboxylic acids is 1. The van der Waals surface area contributed by atoms with E-state index in [9.17, 15) is 23.0 Å². The molecule has 140 valence electrons. The number of hydrogen-bond donors (Lipinski definition) is 1. The fourth-order valence-electron chi connectivity index (χ4n) is 5.01. The summed E-state index contributed by atoms with van der Waals surface area (Å²) < 4.78 is 36.9. The standard InChI is InChI=1S/C18H20O7S.Na/c1-17-8-6-14-13-4-3-12(24-26(21,22)23)10-11(13)2-5-15(14)18(17,25-20)9-7-16(17)19;/h3-4,10,20H,2,5-9H2,1H3,(H,21,22,23);/q;+1/p-1/t17-,18?;/m1./s1. The Morgan fingerprint density at radius 3 is 2.56 bits per heavy atom. The van der Waals surface area contributed by atoms with E-state index in [1.165, 1.54) is 6.07 Å². The maximum atomic E-state index is 12.5. The molecule has 7 nitrogen and oxygen atoms in total. The van der Waals surface area contributed by atoms with Gasteiger partial charge in [-0.15, -0.1) is 0 Å². The minimum Gasteiger partial charge on any atom is -0.716 e. The van der Waals surface area contributed by atoms with Crippen LogP contribution in [0.3, 0.4) is 0 Å². The van der Waals surface area contributed by atoms with Gasteiger partial charge in [0.25, 0.3) is 10.4 Å². The van der Waals surface area contributed by atoms with Crippen molar-refractivity contribution in [2.45, 2.75) is 51.0 Å². The number of carbonyl (C=O) groups is 1. The van der Waals surface area contributed by atoms with Crippen LogP contribution in [0.2, 0.25) is 0 Å². The SMILES string of the molecule is C[C@]12CCC3=C(CCc4cc(OS(=O)(=O)[O-])ccc43)C1(OO)CCC2=O.[Na+]. The predicted octanol–water partition coefficient (Wildman–Crippen LogP) is -0.379. The molecule has 1 fully saturated rings. The number of Topliss-reactive ketones (excluding diaryl/α,β-unsaturated/α-hetero) is 1. The van der Waals surface area contributed by atoms with Gasteiger partial charge in [0.2, 0.25) is 0 Å². The molecule has 1 aromatic carbocycles. The molecule has 1 unspecified atom stereocenters. The Morgan fingerprint density at radius 1 is 1.15 bits per heavy atom. The molecule has 0 aromatic heterocycles. The molecule has 0 radical (unpaired) electrons. The second kappa shape index (κ2) is 6.95. The number of allylic oxidation sites excluding steroid dienone is 1. The van der Waals surface area contributed by atoms with Crippen molar-refractivity contribution in [3.63, 3.8) is 0 Å². The van der Waals surface area contributed by atoms with E-state index in [4.69, 9.17) is 4.89 Å². The fraction of sp³-hybridized carbons (Fsp3) is 0.500. The average molecular weight is 402 g/mol. The maximum Gasteiger partial charge on any atom is 1.00 e. The van der Waals surface area contributed by atoms with Gasteiger partial charge in [-0.05, 0) is 73.4 Å². The number of hydrogen-bond acceptors (Lipinski definition) is 7. The van der Waals surface area contributed by atoms with Crippen LogP contribution in [0.1, 0.15) is 50.2 Å². The van der Waals surface area contributed by atoms with Crippen LogP contribution in [-0.2, 0) is 26.5 Å². The van der Waals surface area contributed by atoms with Gasteiger partial charge in [0.1, 0.15) is 17.1 Å². The van der Waals surface area contributed by atoms with E-state index >= 15 is 0 Å². The quantitative estimate of drug-likeness (QED) is 0.241. The van der Waals surface area contributed by atoms with Crippen LogP contribution in [0.15, 0.2) is 23.8 Å². The summed E-state index contributed by atoms with van der Waals surface area (Å²) in [5.74, 6) is 0.112. The Hall–Kier alpha value is -0.740. The van der Waals surface area contributed by atoms with Gasteiger partial charge in [0.15, 0.2) is 0 Å². The predicted molar refractivity (Wildman–Crippen MR) is 90.0 cm³/mol. The van der Waals surface area contributed by atoms with Crippen molar-refractivity contribution in [1.29, 1.82) is 0 Å². The molecule has 0 saturated heterocycles. The number of fused-ring (bicyclic) bond motifs is 4. The summed E-state index contributed by atoms with van der Waals surface area (Å²) in [7, 11) is -4.82. The number of benzene rings is 1. The van der Waals surface area contributed by atoms with E-state index in [1.807, 2.05) is 6.92 Å². The van der Waals surface area contributed by atoms with Gasteiger partial charge in [-0.3, -0.25) is 10.1 Å². The zero-order valence-corrected chi connectivity index (χ0v) is 18.1. The largest absolute Gasteiger partial charge is 1.00 e. The molecule has 27 heavy (non-hydrogen) atoms. The van der Waals surface area contributed by atoms with Gasteiger partial charge >= 0.3 is 29.6 Å². The molecule has 1 aromatic rings. The zero-order chi connectivity index (χ0) is 18.7. The first-order valence-corrected chi connectivity index (χ1v) is 9.90. The number of ketones is 1. The minimum absolute atomic E-state index is 0. The summed E-state index contributed by atoms with van der Waals surface area (Å²) in [6.07, 6.45) is 3.28. The minimum atomic E-state index is -4.82. The van der Waals surface area contributed by atoms with E-state index < -0.39 is 21.4 Å². The molecule has 1 N–H and O–H groups in total. The van der Waals surface area contributed by atoms with Crippen LogP contribution < -0.4 is 33.7 Å². The summed E-state index contributed by atoms with van der Waals surface area (Å²) in [6.45, 7) is 1.87. The monoisotopic (exact) mass is 402 g/mol. The van der Waals surface area contributed by atoms with Crippen LogP contribution in [-0.4, -0.2) is 29.6 Å². The van der Waals surface area contributed by atoms with Gasteiger partial charge in [0, 0.05) is 6.42 Å². The summed E-state index contributed by atoms with van der Waals surface area (Å²) in [5, 5.41) is 9.79. The molecule has 0 spiro atoms. The van der Waals surface area contributed by atoms with Gasteiger partial charge < -0.3 is 8.74 Å². The van der Waals surface area contributed by atoms with Crippen molar-refractivity contribution in [3.8, 4) is 5.75 Å². The maximum absolute atomic E-state index is 12.5. The molecule has 3 aliphatic rings. The normalized spacial score (nSPS) is 29.5. The fourth-order valence-corrected chi connectivity index (χ4v) is 5.35. The molecular formula is C18H19NaO7S. The molecule has 1 saturated carbocycles. The molecule has 2 atom stereocenters. The smallest absolute Gasteiger partial charge is 0.716 e. The van der Waals surface area contributed by atoms with E-state index in [0.29, 0.717) is 38.5 Å². The summed E-state index contributed by atoms with van der Waals surface area (Å²) >= 11 is 0. The van der Waals surface area contributed by atoms with Crippen molar-refractivity contribution in [2.24, 2.45) is 5.41 Å². The molecule has 0 bridgehead atoms. The Bertz CT molecular complexity index is 939. The first-order chi connectivity index (χ1) is 12.2. The van der Waals surface area contributed by atoms with Crippen LogP contribution in [0.5, 0.6) is 5.75 Å². The third kappa shape index (κ3) is 3.11. The molecule has 0 aliphatic heterocycles. The van der Waals surface area contributed by atoms with Crippen LogP contribution in [0.25, 0.3) is 5.57 Å². The number of aryl methyl sites for hydroxylation is 1. The third-order valence-corrected chi connectivity index (χ3v) is 6.73. The van der Waals surface area contributed by atoms with Gasteiger partial charge in [-0.2, -0.15) is 0 Å². The Balaban J connectivity index is 0.00000210. The third-order valence-electron chi connectivity index (χ3n) is 6.34. The molecule has 0 heterocycles. The molecular weight excluding hydrogens is 383 g/mol. The first kappa shape index (κ1) is 21.0. The number of rotatable bonds is 3. The van der Waals surface area contributed by atoms with Gasteiger partial charge in [-0.25, -0.2) is 13.3 Å². The Kier molecular flexibility index (Phi) is 5.40. The Morgan fingerprint density at radius 2 is 1.89 bits per heavy atom. The first-order valence-electron chi connectivity index (χ1n) is 8.57. The van der Waals surface area contributed by atoms with Crippen LogP contribution >= 0.6 is 0 Å². The van der Waals surface area contributed by atoms with Gasteiger partial charge in [0.05, 0.1) is 5.41 Å². The topological polar surface area (TPSA) is 113 Å². The van der Waals surface area contributed by atoms with Crippen molar-refractivity contribution in [1.82, 2.24) is 0 Å². The second-order valence-corrected chi connectivity index (χ2v) is 8.42. The summed E-state index contributed by atoms with van der Waals surface area (Å²) in [4.78, 5) is 17.5. The van der Waals surface area contributed by atoms with Crippen molar-refractivity contribution >= 4 is 21.8 Å². The molecule has 0 amide bonds. The zero-order valence-electron chi connectivity index (χ0n) is 15.3. The summed E-state index contributed by atoms with van der Waals surface area (Å²) in [5.41, 5.74) is 2.09. The van der Waals surface area contributed by atoms with Crippen molar-refractivity contribution in [2.75, 3.05) is 0 Å². The molecule has 4 rings (SSSR count). The van der Waals surface area contributed by atoms with E-state index in [1.54, 1.807) is 12.1 Å². The van der Waals surface area contributed by atoms with E-state index in [2.05, 4.69) is 4.18 Å².